The van der Waals surface area contributed by atoms with E-state index < -0.39 is 17.9 Å². The summed E-state index contributed by atoms with van der Waals surface area (Å²) in [6.45, 7) is 5.50. The largest absolute Gasteiger partial charge is 0.508 e. The molecule has 104 valence electrons. The minimum Gasteiger partial charge on any atom is -0.508 e. The van der Waals surface area contributed by atoms with E-state index in [0.717, 1.165) is 0 Å². The van der Waals surface area contributed by atoms with E-state index in [4.69, 9.17) is 5.11 Å². The van der Waals surface area contributed by atoms with E-state index in [0.29, 0.717) is 12.0 Å². The van der Waals surface area contributed by atoms with Crippen molar-refractivity contribution in [3.05, 3.63) is 29.3 Å². The lowest BCUT2D eigenvalue weighted by atomic mass is 10.0. The van der Waals surface area contributed by atoms with E-state index in [1.807, 2.05) is 13.8 Å². The molecule has 1 amide bonds. The van der Waals surface area contributed by atoms with Gasteiger partial charge in [-0.3, -0.25) is 4.79 Å². The normalized spacial score (nSPS) is 12.2. The molecular formula is C14H19NO4. The van der Waals surface area contributed by atoms with E-state index in [1.54, 1.807) is 19.1 Å². The molecule has 0 bridgehead atoms. The van der Waals surface area contributed by atoms with E-state index in [9.17, 15) is 14.7 Å². The van der Waals surface area contributed by atoms with E-state index >= 15 is 0 Å². The number of carboxylic acid groups (broad SMARTS) is 1. The summed E-state index contributed by atoms with van der Waals surface area (Å²) in [5.74, 6) is -1.38. The first kappa shape index (κ1) is 15.0. The van der Waals surface area contributed by atoms with Crippen LogP contribution in [0.5, 0.6) is 5.75 Å². The van der Waals surface area contributed by atoms with Gasteiger partial charge < -0.3 is 15.5 Å². The third-order valence-electron chi connectivity index (χ3n) is 2.78. The number of phenols is 1. The molecule has 5 heteroatoms. The number of amides is 1. The Kier molecular flexibility index (Phi) is 4.92. The number of carbonyl (C=O) groups excluding carboxylic acids is 1. The van der Waals surface area contributed by atoms with Crippen LogP contribution < -0.4 is 5.32 Å². The molecule has 0 aromatic heterocycles. The van der Waals surface area contributed by atoms with Gasteiger partial charge >= 0.3 is 5.97 Å². The van der Waals surface area contributed by atoms with Crippen LogP contribution in [0.4, 0.5) is 0 Å². The number of aryl methyl sites for hydroxylation is 1. The minimum atomic E-state index is -1.06. The van der Waals surface area contributed by atoms with Crippen LogP contribution in [0, 0.1) is 12.8 Å². The summed E-state index contributed by atoms with van der Waals surface area (Å²) in [5, 5.41) is 21.1. The molecule has 1 aromatic carbocycles. The van der Waals surface area contributed by atoms with Gasteiger partial charge in [0.05, 0.1) is 0 Å². The number of hydrogen-bond acceptors (Lipinski definition) is 3. The van der Waals surface area contributed by atoms with Crippen molar-refractivity contribution in [2.24, 2.45) is 5.92 Å². The first-order valence-corrected chi connectivity index (χ1v) is 6.14. The molecule has 0 spiro atoms. The van der Waals surface area contributed by atoms with Gasteiger partial charge in [0, 0.05) is 5.56 Å². The highest BCUT2D eigenvalue weighted by molar-refractivity contribution is 5.97. The SMILES string of the molecule is Cc1ccc(C(=O)N[C@H](CC(C)C)C(=O)O)cc1O. The Hall–Kier alpha value is -2.04. The Bertz CT molecular complexity index is 482. The van der Waals surface area contributed by atoms with Gasteiger partial charge in [-0.25, -0.2) is 4.79 Å². The van der Waals surface area contributed by atoms with Crippen LogP contribution in [0.2, 0.25) is 0 Å². The van der Waals surface area contributed by atoms with E-state index in [1.165, 1.54) is 6.07 Å². The van der Waals surface area contributed by atoms with Crippen molar-refractivity contribution in [1.29, 1.82) is 0 Å². The lowest BCUT2D eigenvalue weighted by Gasteiger charge is -2.16. The van der Waals surface area contributed by atoms with Crippen molar-refractivity contribution in [1.82, 2.24) is 5.32 Å². The maximum Gasteiger partial charge on any atom is 0.326 e. The molecule has 0 aliphatic heterocycles. The van der Waals surface area contributed by atoms with Crippen LogP contribution in [0.25, 0.3) is 0 Å². The molecule has 1 aromatic rings. The fourth-order valence-corrected chi connectivity index (χ4v) is 1.69. The number of benzene rings is 1. The average molecular weight is 265 g/mol. The van der Waals surface area contributed by atoms with Crippen LogP contribution in [0.3, 0.4) is 0 Å². The van der Waals surface area contributed by atoms with Crippen LogP contribution in [-0.2, 0) is 4.79 Å². The number of aromatic hydroxyl groups is 1. The zero-order chi connectivity index (χ0) is 14.6. The number of rotatable bonds is 5. The summed E-state index contributed by atoms with van der Waals surface area (Å²) in [5.41, 5.74) is 0.909. The third kappa shape index (κ3) is 4.28. The number of phenolic OH excluding ortho intramolecular Hbond substituents is 1. The minimum absolute atomic E-state index is 0.0170. The van der Waals surface area contributed by atoms with Crippen molar-refractivity contribution < 1.29 is 19.8 Å². The monoisotopic (exact) mass is 265 g/mol. The van der Waals surface area contributed by atoms with Gasteiger partial charge in [0.2, 0.25) is 0 Å². The number of aliphatic carboxylic acids is 1. The molecule has 0 saturated heterocycles. The Balaban J connectivity index is 2.81. The molecule has 0 unspecified atom stereocenters. The predicted molar refractivity (Wildman–Crippen MR) is 71.2 cm³/mol. The maximum atomic E-state index is 11.9. The molecular weight excluding hydrogens is 246 g/mol. The first-order valence-electron chi connectivity index (χ1n) is 6.14. The van der Waals surface area contributed by atoms with Gasteiger partial charge in [0.25, 0.3) is 5.91 Å². The van der Waals surface area contributed by atoms with Gasteiger partial charge in [0.15, 0.2) is 0 Å². The zero-order valence-corrected chi connectivity index (χ0v) is 11.3. The summed E-state index contributed by atoms with van der Waals surface area (Å²) in [7, 11) is 0. The Morgan fingerprint density at radius 2 is 1.95 bits per heavy atom. The molecule has 0 radical (unpaired) electrons. The second-order valence-corrected chi connectivity index (χ2v) is 5.00. The lowest BCUT2D eigenvalue weighted by molar-refractivity contribution is -0.139. The highest BCUT2D eigenvalue weighted by atomic mass is 16.4. The predicted octanol–water partition coefficient (Wildman–Crippen LogP) is 1.93. The maximum absolute atomic E-state index is 11.9. The molecule has 1 atom stereocenters. The van der Waals surface area contributed by atoms with Gasteiger partial charge in [-0.1, -0.05) is 19.9 Å². The Morgan fingerprint density at radius 3 is 2.42 bits per heavy atom. The van der Waals surface area contributed by atoms with Crippen LogP contribution in [0.1, 0.15) is 36.2 Å². The lowest BCUT2D eigenvalue weighted by Crippen LogP contribution is -2.41. The molecule has 0 aliphatic carbocycles. The smallest absolute Gasteiger partial charge is 0.326 e. The van der Waals surface area contributed by atoms with Gasteiger partial charge in [0.1, 0.15) is 11.8 Å². The van der Waals surface area contributed by atoms with Crippen molar-refractivity contribution in [3.63, 3.8) is 0 Å². The molecule has 5 nitrogen and oxygen atoms in total. The standard InChI is InChI=1S/C14H19NO4/c1-8(2)6-11(14(18)19)15-13(17)10-5-4-9(3)12(16)7-10/h4-5,7-8,11,16H,6H2,1-3H3,(H,15,17)(H,18,19)/t11-/m1/s1. The van der Waals surface area contributed by atoms with Crippen LogP contribution >= 0.6 is 0 Å². The van der Waals surface area contributed by atoms with Crippen molar-refractivity contribution in [3.8, 4) is 5.75 Å². The molecule has 3 N–H and O–H groups in total. The topological polar surface area (TPSA) is 86.6 Å². The van der Waals surface area contributed by atoms with E-state index in [-0.39, 0.29) is 17.2 Å². The number of nitrogens with one attached hydrogen (secondary N) is 1. The summed E-state index contributed by atoms with van der Waals surface area (Å²) < 4.78 is 0. The summed E-state index contributed by atoms with van der Waals surface area (Å²) >= 11 is 0. The van der Waals surface area contributed by atoms with Crippen LogP contribution in [0.15, 0.2) is 18.2 Å². The highest BCUT2D eigenvalue weighted by Crippen LogP contribution is 2.17. The Morgan fingerprint density at radius 1 is 1.32 bits per heavy atom. The second-order valence-electron chi connectivity index (χ2n) is 5.00. The molecule has 1 rings (SSSR count). The van der Waals surface area contributed by atoms with Gasteiger partial charge in [-0.05, 0) is 37.0 Å². The van der Waals surface area contributed by atoms with Gasteiger partial charge in [-0.2, -0.15) is 0 Å². The number of hydrogen-bond donors (Lipinski definition) is 3. The molecule has 0 heterocycles. The Labute approximate surface area is 112 Å². The third-order valence-corrected chi connectivity index (χ3v) is 2.78. The zero-order valence-electron chi connectivity index (χ0n) is 11.3. The second kappa shape index (κ2) is 6.22. The molecule has 19 heavy (non-hydrogen) atoms. The summed E-state index contributed by atoms with van der Waals surface area (Å²) in [6.07, 6.45) is 0.360. The summed E-state index contributed by atoms with van der Waals surface area (Å²) in [4.78, 5) is 23.0. The number of carbonyl (C=O) groups is 2. The van der Waals surface area contributed by atoms with E-state index in [2.05, 4.69) is 5.32 Å². The van der Waals surface area contributed by atoms with Crippen LogP contribution in [-0.4, -0.2) is 28.1 Å². The quantitative estimate of drug-likeness (QED) is 0.759. The molecule has 0 fully saturated rings. The fourth-order valence-electron chi connectivity index (χ4n) is 1.69. The number of carboxylic acids is 1. The van der Waals surface area contributed by atoms with Crippen molar-refractivity contribution in [2.75, 3.05) is 0 Å². The average Bonchev–Trinajstić information content (AvgIpc) is 2.31. The summed E-state index contributed by atoms with van der Waals surface area (Å²) in [6, 6.07) is 3.58. The van der Waals surface area contributed by atoms with Crippen molar-refractivity contribution >= 4 is 11.9 Å². The first-order chi connectivity index (χ1) is 8.81. The molecule has 0 saturated carbocycles. The van der Waals surface area contributed by atoms with Crippen molar-refractivity contribution in [2.45, 2.75) is 33.2 Å². The molecule has 0 aliphatic rings. The fraction of sp³-hybridized carbons (Fsp3) is 0.429. The highest BCUT2D eigenvalue weighted by Gasteiger charge is 2.21. The van der Waals surface area contributed by atoms with Gasteiger partial charge in [-0.15, -0.1) is 0 Å².